The summed E-state index contributed by atoms with van der Waals surface area (Å²) >= 11 is 5.87. The van der Waals surface area contributed by atoms with Crippen LogP contribution in [0.1, 0.15) is 19.8 Å². The number of aromatic amines is 1. The first kappa shape index (κ1) is 13.1. The molecule has 0 bridgehead atoms. The van der Waals surface area contributed by atoms with Gasteiger partial charge in [-0.1, -0.05) is 0 Å². The Morgan fingerprint density at radius 3 is 2.95 bits per heavy atom. The molecule has 20 heavy (non-hydrogen) atoms. The third-order valence-electron chi connectivity index (χ3n) is 3.42. The lowest BCUT2D eigenvalue weighted by atomic mass is 10.2. The van der Waals surface area contributed by atoms with Crippen LogP contribution in [-0.4, -0.2) is 50.1 Å². The zero-order valence-corrected chi connectivity index (χ0v) is 11.8. The number of aromatic nitrogens is 4. The molecule has 1 atom stereocenters. The molecule has 0 radical (unpaired) electrons. The van der Waals surface area contributed by atoms with Crippen LogP contribution >= 0.6 is 11.6 Å². The quantitative estimate of drug-likeness (QED) is 0.836. The largest absolute Gasteiger partial charge is 0.358 e. The van der Waals surface area contributed by atoms with Gasteiger partial charge in [-0.05, 0) is 31.4 Å². The molecule has 1 fully saturated rings. The fourth-order valence-electron chi connectivity index (χ4n) is 2.40. The molecule has 1 saturated heterocycles. The summed E-state index contributed by atoms with van der Waals surface area (Å²) in [6.45, 7) is 3.48. The second kappa shape index (κ2) is 5.24. The van der Waals surface area contributed by atoms with Gasteiger partial charge < -0.3 is 10.2 Å². The minimum Gasteiger partial charge on any atom is -0.358 e. The molecule has 0 saturated carbocycles. The molecule has 7 nitrogen and oxygen atoms in total. The number of nitrogens with one attached hydrogen (secondary N) is 2. The minimum atomic E-state index is -0.364. The zero-order valence-electron chi connectivity index (χ0n) is 11.1. The number of halogens is 1. The van der Waals surface area contributed by atoms with Crippen molar-refractivity contribution in [2.45, 2.75) is 25.8 Å². The van der Waals surface area contributed by atoms with Crippen LogP contribution in [0.5, 0.6) is 0 Å². The number of carbonyl (C=O) groups excluding carboxylic acids is 1. The fourth-order valence-corrected chi connectivity index (χ4v) is 2.56. The van der Waals surface area contributed by atoms with Gasteiger partial charge in [-0.2, -0.15) is 15.1 Å². The van der Waals surface area contributed by atoms with Crippen LogP contribution in [0.2, 0.25) is 5.28 Å². The average Bonchev–Trinajstić information content (AvgIpc) is 3.08. The van der Waals surface area contributed by atoms with Crippen LogP contribution in [-0.2, 0) is 4.79 Å². The molecule has 3 rings (SSSR count). The van der Waals surface area contributed by atoms with E-state index in [0.29, 0.717) is 11.5 Å². The van der Waals surface area contributed by atoms with E-state index in [-0.39, 0.29) is 17.2 Å². The Bertz CT molecular complexity index is 636. The van der Waals surface area contributed by atoms with Crippen molar-refractivity contribution in [2.24, 2.45) is 0 Å². The number of anilines is 1. The smallest absolute Gasteiger partial charge is 0.244 e. The summed E-state index contributed by atoms with van der Waals surface area (Å²) < 4.78 is 0. The summed E-state index contributed by atoms with van der Waals surface area (Å²) in [6, 6.07) is -0.364. The molecule has 3 heterocycles. The first-order chi connectivity index (χ1) is 9.65. The lowest BCUT2D eigenvalue weighted by molar-refractivity contribution is -0.130. The predicted molar refractivity (Wildman–Crippen MR) is 75.6 cm³/mol. The summed E-state index contributed by atoms with van der Waals surface area (Å²) in [5.41, 5.74) is 0.549. The maximum atomic E-state index is 12.3. The van der Waals surface area contributed by atoms with Crippen molar-refractivity contribution in [3.63, 3.8) is 0 Å². The molecule has 1 aliphatic rings. The second-order valence-corrected chi connectivity index (χ2v) is 5.21. The zero-order chi connectivity index (χ0) is 14.1. The third kappa shape index (κ3) is 2.40. The number of nitrogens with zero attached hydrogens (tertiary/aromatic N) is 4. The number of hydrogen-bond acceptors (Lipinski definition) is 5. The van der Waals surface area contributed by atoms with Crippen molar-refractivity contribution in [3.8, 4) is 0 Å². The summed E-state index contributed by atoms with van der Waals surface area (Å²) in [7, 11) is 0. The van der Waals surface area contributed by atoms with E-state index >= 15 is 0 Å². The molecule has 2 N–H and O–H groups in total. The number of carbonyl (C=O) groups is 1. The standard InChI is InChI=1S/C12H15ClN6O/c1-7(11(20)19-4-2-3-5-19)15-9-8-6-14-18-10(8)17-12(13)16-9/h6-7H,2-5H2,1H3,(H2,14,15,16,17,18). The monoisotopic (exact) mass is 294 g/mol. The van der Waals surface area contributed by atoms with E-state index in [4.69, 9.17) is 11.6 Å². The molecule has 0 aromatic carbocycles. The topological polar surface area (TPSA) is 86.8 Å². The third-order valence-corrected chi connectivity index (χ3v) is 3.59. The van der Waals surface area contributed by atoms with Gasteiger partial charge in [-0.3, -0.25) is 9.89 Å². The van der Waals surface area contributed by atoms with Gasteiger partial charge in [0.05, 0.1) is 11.6 Å². The number of likely N-dealkylation sites (tertiary alicyclic amines) is 1. The van der Waals surface area contributed by atoms with E-state index in [1.54, 1.807) is 6.20 Å². The molecule has 0 aliphatic carbocycles. The highest BCUT2D eigenvalue weighted by Gasteiger charge is 2.24. The Morgan fingerprint density at radius 2 is 2.20 bits per heavy atom. The van der Waals surface area contributed by atoms with Crippen LogP contribution in [0, 0.1) is 0 Å². The van der Waals surface area contributed by atoms with Gasteiger partial charge in [0.2, 0.25) is 11.2 Å². The first-order valence-electron chi connectivity index (χ1n) is 6.57. The van der Waals surface area contributed by atoms with Gasteiger partial charge in [-0.25, -0.2) is 0 Å². The number of amides is 1. The highest BCUT2D eigenvalue weighted by molar-refractivity contribution is 6.28. The molecule has 0 spiro atoms. The normalized spacial score (nSPS) is 16.6. The van der Waals surface area contributed by atoms with Crippen LogP contribution in [0.3, 0.4) is 0 Å². The lowest BCUT2D eigenvalue weighted by Gasteiger charge is -2.21. The summed E-state index contributed by atoms with van der Waals surface area (Å²) in [5.74, 6) is 0.600. The highest BCUT2D eigenvalue weighted by Crippen LogP contribution is 2.21. The van der Waals surface area contributed by atoms with E-state index in [2.05, 4.69) is 25.5 Å². The first-order valence-corrected chi connectivity index (χ1v) is 6.95. The molecule has 8 heteroatoms. The van der Waals surface area contributed by atoms with Crippen molar-refractivity contribution in [1.82, 2.24) is 25.1 Å². The molecule has 106 valence electrons. The van der Waals surface area contributed by atoms with Crippen molar-refractivity contribution < 1.29 is 4.79 Å². The molecule has 1 unspecified atom stereocenters. The SMILES string of the molecule is CC(Nc1nc(Cl)nc2[nH]ncc12)C(=O)N1CCCC1. The number of fused-ring (bicyclic) bond motifs is 1. The maximum absolute atomic E-state index is 12.3. The van der Waals surface area contributed by atoms with Crippen molar-refractivity contribution in [3.05, 3.63) is 11.5 Å². The van der Waals surface area contributed by atoms with Gasteiger partial charge in [0.15, 0.2) is 5.65 Å². The van der Waals surface area contributed by atoms with E-state index in [1.807, 2.05) is 11.8 Å². The molecule has 1 amide bonds. The maximum Gasteiger partial charge on any atom is 0.244 e. The van der Waals surface area contributed by atoms with Gasteiger partial charge >= 0.3 is 0 Å². The Labute approximate surface area is 120 Å². The minimum absolute atomic E-state index is 0.0777. The van der Waals surface area contributed by atoms with E-state index < -0.39 is 0 Å². The Balaban J connectivity index is 1.81. The van der Waals surface area contributed by atoms with Crippen LogP contribution in [0.4, 0.5) is 5.82 Å². The van der Waals surface area contributed by atoms with Crippen molar-refractivity contribution >= 4 is 34.4 Å². The second-order valence-electron chi connectivity index (χ2n) is 4.87. The van der Waals surface area contributed by atoms with Crippen LogP contribution in [0.25, 0.3) is 11.0 Å². The Morgan fingerprint density at radius 1 is 1.45 bits per heavy atom. The van der Waals surface area contributed by atoms with E-state index in [0.717, 1.165) is 31.3 Å². The Kier molecular flexibility index (Phi) is 3.43. The summed E-state index contributed by atoms with van der Waals surface area (Å²) in [6.07, 6.45) is 3.76. The number of H-pyrrole nitrogens is 1. The van der Waals surface area contributed by atoms with Gasteiger partial charge in [0, 0.05) is 13.1 Å². The van der Waals surface area contributed by atoms with Crippen LogP contribution < -0.4 is 5.32 Å². The molecular formula is C12H15ClN6O. The Hall–Kier alpha value is -1.89. The fraction of sp³-hybridized carbons (Fsp3) is 0.500. The molecule has 1 aliphatic heterocycles. The summed E-state index contributed by atoms with van der Waals surface area (Å²) in [5, 5.41) is 10.6. The predicted octanol–water partition coefficient (Wildman–Crippen LogP) is 1.43. The number of hydrogen-bond donors (Lipinski definition) is 2. The van der Waals surface area contributed by atoms with Gasteiger partial charge in [0.25, 0.3) is 0 Å². The average molecular weight is 295 g/mol. The van der Waals surface area contributed by atoms with Gasteiger partial charge in [-0.15, -0.1) is 0 Å². The lowest BCUT2D eigenvalue weighted by Crippen LogP contribution is -2.39. The summed E-state index contributed by atoms with van der Waals surface area (Å²) in [4.78, 5) is 22.3. The van der Waals surface area contributed by atoms with E-state index in [9.17, 15) is 4.79 Å². The van der Waals surface area contributed by atoms with Crippen molar-refractivity contribution in [2.75, 3.05) is 18.4 Å². The highest BCUT2D eigenvalue weighted by atomic mass is 35.5. The van der Waals surface area contributed by atoms with Gasteiger partial charge in [0.1, 0.15) is 11.9 Å². The van der Waals surface area contributed by atoms with Crippen molar-refractivity contribution in [1.29, 1.82) is 0 Å². The molecule has 2 aromatic rings. The number of rotatable bonds is 3. The van der Waals surface area contributed by atoms with Crippen LogP contribution in [0.15, 0.2) is 6.20 Å². The molecule has 2 aromatic heterocycles. The van der Waals surface area contributed by atoms with E-state index in [1.165, 1.54) is 0 Å². The molecular weight excluding hydrogens is 280 g/mol.